The fourth-order valence-electron chi connectivity index (χ4n) is 2.11. The number of ether oxygens (including phenoxy) is 1. The highest BCUT2D eigenvalue weighted by molar-refractivity contribution is 5.87. The lowest BCUT2D eigenvalue weighted by atomic mass is 10.1. The van der Waals surface area contributed by atoms with Gasteiger partial charge in [-0.2, -0.15) is 5.10 Å². The number of fused-ring (bicyclic) bond motifs is 1. The van der Waals surface area contributed by atoms with Gasteiger partial charge in [-0.3, -0.25) is 4.79 Å². The molecule has 2 heterocycles. The van der Waals surface area contributed by atoms with Gasteiger partial charge in [-0.05, 0) is 30.3 Å². The van der Waals surface area contributed by atoms with Crippen LogP contribution in [-0.4, -0.2) is 32.7 Å². The van der Waals surface area contributed by atoms with Crippen LogP contribution in [0.4, 0.5) is 5.82 Å². The van der Waals surface area contributed by atoms with Gasteiger partial charge < -0.3 is 15.2 Å². The van der Waals surface area contributed by atoms with Crippen LogP contribution >= 0.6 is 0 Å². The average Bonchev–Trinajstić information content (AvgIpc) is 2.88. The van der Waals surface area contributed by atoms with Crippen molar-refractivity contribution in [3.63, 3.8) is 0 Å². The smallest absolute Gasteiger partial charge is 0.222 e. The lowest BCUT2D eigenvalue weighted by molar-refractivity contribution is -0.114. The van der Waals surface area contributed by atoms with E-state index in [0.717, 1.165) is 5.56 Å². The Kier molecular flexibility index (Phi) is 3.38. The molecule has 2 N–H and O–H groups in total. The van der Waals surface area contributed by atoms with Crippen LogP contribution in [0.15, 0.2) is 36.5 Å². The van der Waals surface area contributed by atoms with Gasteiger partial charge in [0.15, 0.2) is 23.0 Å². The second kappa shape index (κ2) is 5.36. The molecule has 22 heavy (non-hydrogen) atoms. The maximum absolute atomic E-state index is 11.1. The Morgan fingerprint density at radius 2 is 2.14 bits per heavy atom. The summed E-state index contributed by atoms with van der Waals surface area (Å²) in [6.45, 7) is 1.42. The van der Waals surface area contributed by atoms with Gasteiger partial charge in [0.1, 0.15) is 0 Å². The summed E-state index contributed by atoms with van der Waals surface area (Å²) in [6.07, 6.45) is 1.64. The summed E-state index contributed by atoms with van der Waals surface area (Å²) in [5, 5.41) is 16.7. The molecule has 0 atom stereocenters. The zero-order valence-electron chi connectivity index (χ0n) is 12.1. The minimum absolute atomic E-state index is 0.0721. The molecule has 3 aromatic rings. The summed E-state index contributed by atoms with van der Waals surface area (Å²) < 4.78 is 6.68. The number of aromatic hydroxyl groups is 1. The third kappa shape index (κ3) is 2.56. The van der Waals surface area contributed by atoms with E-state index < -0.39 is 0 Å². The number of phenols is 1. The number of methoxy groups -OCH3 is 1. The number of carbonyl (C=O) groups excluding carboxylic acids is 1. The number of anilines is 1. The summed E-state index contributed by atoms with van der Waals surface area (Å²) in [4.78, 5) is 15.3. The maximum Gasteiger partial charge on any atom is 0.222 e. The molecule has 7 heteroatoms. The highest BCUT2D eigenvalue weighted by atomic mass is 16.5. The molecule has 0 aliphatic carbocycles. The zero-order chi connectivity index (χ0) is 15.7. The van der Waals surface area contributed by atoms with E-state index in [1.54, 1.807) is 35.0 Å². The average molecular weight is 298 g/mol. The topological polar surface area (TPSA) is 88.8 Å². The van der Waals surface area contributed by atoms with Crippen LogP contribution < -0.4 is 10.1 Å². The van der Waals surface area contributed by atoms with Crippen molar-refractivity contribution >= 4 is 17.4 Å². The molecular formula is C15H14N4O3. The number of rotatable bonds is 3. The Hall–Kier alpha value is -3.09. The first-order valence-corrected chi connectivity index (χ1v) is 6.58. The summed E-state index contributed by atoms with van der Waals surface area (Å²) in [6, 6.07) is 8.61. The lowest BCUT2D eigenvalue weighted by Crippen LogP contribution is -2.05. The molecular weight excluding hydrogens is 284 g/mol. The molecule has 0 saturated carbocycles. The molecule has 0 saturated heterocycles. The largest absolute Gasteiger partial charge is 0.504 e. The van der Waals surface area contributed by atoms with E-state index in [1.165, 1.54) is 14.0 Å². The molecule has 0 radical (unpaired) electrons. The van der Waals surface area contributed by atoms with Crippen molar-refractivity contribution in [3.8, 4) is 22.8 Å². The summed E-state index contributed by atoms with van der Waals surface area (Å²) in [7, 11) is 1.49. The molecule has 2 aromatic heterocycles. The minimum atomic E-state index is -0.188. The van der Waals surface area contributed by atoms with Crippen LogP contribution in [0.3, 0.4) is 0 Å². The Balaban J connectivity index is 2.02. The third-order valence-corrected chi connectivity index (χ3v) is 3.10. The minimum Gasteiger partial charge on any atom is -0.504 e. The monoisotopic (exact) mass is 298 g/mol. The normalized spacial score (nSPS) is 10.6. The Labute approximate surface area is 126 Å². The Bertz CT molecular complexity index is 857. The number of carbonyl (C=O) groups is 1. The molecule has 0 spiro atoms. The fraction of sp³-hybridized carbons (Fsp3) is 0.133. The van der Waals surface area contributed by atoms with Crippen LogP contribution in [0.1, 0.15) is 6.92 Å². The van der Waals surface area contributed by atoms with Gasteiger partial charge in [0.2, 0.25) is 5.91 Å². The van der Waals surface area contributed by atoms with Gasteiger partial charge in [-0.1, -0.05) is 0 Å². The number of benzene rings is 1. The van der Waals surface area contributed by atoms with Crippen molar-refractivity contribution < 1.29 is 14.6 Å². The molecule has 0 fully saturated rings. The molecule has 7 nitrogen and oxygen atoms in total. The van der Waals surface area contributed by atoms with Gasteiger partial charge in [0.05, 0.1) is 19.0 Å². The standard InChI is InChI=1S/C15H14N4O3/c1-9(20)16-14-8-19-15(17-14)6-4-11(18-19)10-3-5-12(21)13(7-10)22-2/h3-8,21H,1-2H3,(H,16,20). The molecule has 3 rings (SSSR count). The molecule has 0 aliphatic heterocycles. The van der Waals surface area contributed by atoms with Crippen molar-refractivity contribution in [3.05, 3.63) is 36.5 Å². The molecule has 1 aromatic carbocycles. The van der Waals surface area contributed by atoms with E-state index in [0.29, 0.717) is 22.9 Å². The van der Waals surface area contributed by atoms with Crippen molar-refractivity contribution in [2.75, 3.05) is 12.4 Å². The second-order valence-electron chi connectivity index (χ2n) is 4.72. The highest BCUT2D eigenvalue weighted by Crippen LogP contribution is 2.30. The fourth-order valence-corrected chi connectivity index (χ4v) is 2.11. The van der Waals surface area contributed by atoms with Crippen molar-refractivity contribution in [1.29, 1.82) is 0 Å². The number of nitrogens with zero attached hydrogens (tertiary/aromatic N) is 3. The molecule has 0 aliphatic rings. The van der Waals surface area contributed by atoms with Gasteiger partial charge in [0.25, 0.3) is 0 Å². The predicted octanol–water partition coefficient (Wildman–Crippen LogP) is 2.07. The number of nitrogens with one attached hydrogen (secondary N) is 1. The van der Waals surface area contributed by atoms with Gasteiger partial charge in [-0.15, -0.1) is 0 Å². The van der Waals surface area contributed by atoms with Crippen LogP contribution in [0.5, 0.6) is 11.5 Å². The number of phenolic OH excluding ortho intramolecular Hbond substituents is 1. The van der Waals surface area contributed by atoms with Crippen LogP contribution in [0, 0.1) is 0 Å². The van der Waals surface area contributed by atoms with E-state index >= 15 is 0 Å². The Morgan fingerprint density at radius 1 is 1.32 bits per heavy atom. The maximum atomic E-state index is 11.1. The summed E-state index contributed by atoms with van der Waals surface area (Å²) in [5.74, 6) is 0.708. The first-order valence-electron chi connectivity index (χ1n) is 6.58. The van der Waals surface area contributed by atoms with Crippen LogP contribution in [-0.2, 0) is 4.79 Å². The van der Waals surface area contributed by atoms with E-state index in [1.807, 2.05) is 6.07 Å². The van der Waals surface area contributed by atoms with Gasteiger partial charge in [0, 0.05) is 12.5 Å². The van der Waals surface area contributed by atoms with Crippen LogP contribution in [0.2, 0.25) is 0 Å². The highest BCUT2D eigenvalue weighted by Gasteiger charge is 2.08. The molecule has 112 valence electrons. The first-order chi connectivity index (χ1) is 10.6. The quantitative estimate of drug-likeness (QED) is 0.772. The first kappa shape index (κ1) is 13.9. The van der Waals surface area contributed by atoms with Gasteiger partial charge >= 0.3 is 0 Å². The lowest BCUT2D eigenvalue weighted by Gasteiger charge is -2.06. The number of hydrogen-bond donors (Lipinski definition) is 2. The van der Waals surface area contributed by atoms with E-state index in [4.69, 9.17) is 4.74 Å². The summed E-state index contributed by atoms with van der Waals surface area (Å²) >= 11 is 0. The molecule has 1 amide bonds. The Morgan fingerprint density at radius 3 is 2.86 bits per heavy atom. The third-order valence-electron chi connectivity index (χ3n) is 3.10. The number of aromatic nitrogens is 3. The number of hydrogen-bond acceptors (Lipinski definition) is 5. The van der Waals surface area contributed by atoms with Crippen molar-refractivity contribution in [2.24, 2.45) is 0 Å². The van der Waals surface area contributed by atoms with E-state index in [9.17, 15) is 9.90 Å². The zero-order valence-corrected chi connectivity index (χ0v) is 12.1. The van der Waals surface area contributed by atoms with Crippen molar-refractivity contribution in [2.45, 2.75) is 6.92 Å². The SMILES string of the molecule is COc1cc(-c2ccc3nc(NC(C)=O)cn3n2)ccc1O. The van der Waals surface area contributed by atoms with Gasteiger partial charge in [-0.25, -0.2) is 9.50 Å². The molecule has 0 unspecified atom stereocenters. The molecule has 0 bridgehead atoms. The van der Waals surface area contributed by atoms with E-state index in [-0.39, 0.29) is 11.7 Å². The van der Waals surface area contributed by atoms with E-state index in [2.05, 4.69) is 15.4 Å². The number of imidazole rings is 1. The van der Waals surface area contributed by atoms with Crippen molar-refractivity contribution in [1.82, 2.24) is 14.6 Å². The van der Waals surface area contributed by atoms with Crippen LogP contribution in [0.25, 0.3) is 16.9 Å². The summed E-state index contributed by atoms with van der Waals surface area (Å²) in [5.41, 5.74) is 2.11. The second-order valence-corrected chi connectivity index (χ2v) is 4.72. The number of amides is 1. The predicted molar refractivity (Wildman–Crippen MR) is 80.9 cm³/mol.